The number of carbonyl (C=O) groups excluding carboxylic acids is 1. The molecule has 2 bridgehead atoms. The van der Waals surface area contributed by atoms with Crippen LogP contribution in [0.25, 0.3) is 0 Å². The molecular formula is C19H23NO4. The van der Waals surface area contributed by atoms with Crippen molar-refractivity contribution in [2.45, 2.75) is 51.2 Å². The molecule has 1 saturated carbocycles. The Kier molecular flexibility index (Phi) is 3.48. The molecule has 1 amide bonds. The summed E-state index contributed by atoms with van der Waals surface area (Å²) >= 11 is 0. The standard InChI is InChI=1S/C19H23NO4/c1-3-23-14-9-6-7-12-16-13-8-4-5-10-19(13,24-17(12)14)20-18(22)15(16)11(2)21/h6-7,9,13,16,21H,3-5,8,10H2,1-2H3,(H,20,22)/b15-11-/t13-,16-,19-/m0/s1. The Labute approximate surface area is 141 Å². The Morgan fingerprint density at radius 2 is 2.29 bits per heavy atom. The maximum absolute atomic E-state index is 12.7. The molecule has 0 unspecified atom stereocenters. The molecule has 4 rings (SSSR count). The van der Waals surface area contributed by atoms with E-state index in [9.17, 15) is 9.90 Å². The number of fused-ring (bicyclic) bond motifs is 2. The second-order valence-electron chi connectivity index (χ2n) is 6.88. The average molecular weight is 329 g/mol. The number of ether oxygens (including phenoxy) is 2. The molecule has 0 radical (unpaired) electrons. The van der Waals surface area contributed by atoms with E-state index in [1.54, 1.807) is 6.92 Å². The van der Waals surface area contributed by atoms with E-state index in [4.69, 9.17) is 9.47 Å². The fourth-order valence-electron chi connectivity index (χ4n) is 4.62. The molecule has 5 heteroatoms. The quantitative estimate of drug-likeness (QED) is 0.644. The van der Waals surface area contributed by atoms with Crippen molar-refractivity contribution < 1.29 is 19.4 Å². The maximum atomic E-state index is 12.7. The van der Waals surface area contributed by atoms with Crippen molar-refractivity contribution in [2.24, 2.45) is 5.92 Å². The van der Waals surface area contributed by atoms with Gasteiger partial charge in [0.25, 0.3) is 5.91 Å². The van der Waals surface area contributed by atoms with Gasteiger partial charge in [-0.1, -0.05) is 18.6 Å². The average Bonchev–Trinajstić information content (AvgIpc) is 2.54. The van der Waals surface area contributed by atoms with E-state index in [2.05, 4.69) is 5.32 Å². The van der Waals surface area contributed by atoms with Crippen LogP contribution in [0.2, 0.25) is 0 Å². The van der Waals surface area contributed by atoms with Crippen LogP contribution >= 0.6 is 0 Å². The molecule has 1 saturated heterocycles. The molecule has 2 heterocycles. The number of benzene rings is 1. The van der Waals surface area contributed by atoms with Crippen molar-refractivity contribution in [1.82, 2.24) is 5.32 Å². The van der Waals surface area contributed by atoms with Crippen molar-refractivity contribution in [3.05, 3.63) is 35.1 Å². The highest BCUT2D eigenvalue weighted by molar-refractivity contribution is 5.97. The Balaban J connectivity index is 1.95. The van der Waals surface area contributed by atoms with Crippen molar-refractivity contribution in [1.29, 1.82) is 0 Å². The van der Waals surface area contributed by atoms with E-state index in [1.807, 2.05) is 25.1 Å². The minimum absolute atomic E-state index is 0.0892. The summed E-state index contributed by atoms with van der Waals surface area (Å²) in [5.74, 6) is 1.28. The lowest BCUT2D eigenvalue weighted by atomic mass is 9.64. The minimum Gasteiger partial charge on any atom is -0.512 e. The van der Waals surface area contributed by atoms with Gasteiger partial charge in [0.15, 0.2) is 17.2 Å². The van der Waals surface area contributed by atoms with Crippen LogP contribution in [0.5, 0.6) is 11.5 Å². The summed E-state index contributed by atoms with van der Waals surface area (Å²) in [5.41, 5.74) is 0.733. The molecule has 24 heavy (non-hydrogen) atoms. The van der Waals surface area contributed by atoms with Gasteiger partial charge in [-0.2, -0.15) is 0 Å². The predicted octanol–water partition coefficient (Wildman–Crippen LogP) is 3.41. The van der Waals surface area contributed by atoms with Gasteiger partial charge in [-0.05, 0) is 32.8 Å². The fraction of sp³-hybridized carbons (Fsp3) is 0.526. The summed E-state index contributed by atoms with van der Waals surface area (Å²) in [5, 5.41) is 13.3. The van der Waals surface area contributed by atoms with Crippen LogP contribution in [0.4, 0.5) is 0 Å². The molecular weight excluding hydrogens is 306 g/mol. The Bertz CT molecular complexity index is 722. The first-order chi connectivity index (χ1) is 11.6. The lowest BCUT2D eigenvalue weighted by Crippen LogP contribution is -2.66. The van der Waals surface area contributed by atoms with Crippen LogP contribution in [0, 0.1) is 5.92 Å². The summed E-state index contributed by atoms with van der Waals surface area (Å²) in [4.78, 5) is 12.7. The van der Waals surface area contributed by atoms with Gasteiger partial charge in [-0.3, -0.25) is 4.79 Å². The Hall–Kier alpha value is -2.17. The molecule has 2 fully saturated rings. The second-order valence-corrected chi connectivity index (χ2v) is 6.88. The molecule has 0 aromatic heterocycles. The third-order valence-electron chi connectivity index (χ3n) is 5.51. The third kappa shape index (κ3) is 2.03. The Morgan fingerprint density at radius 3 is 3.04 bits per heavy atom. The van der Waals surface area contributed by atoms with Gasteiger partial charge < -0.3 is 19.9 Å². The number of para-hydroxylation sites is 1. The van der Waals surface area contributed by atoms with Crippen molar-refractivity contribution >= 4 is 5.91 Å². The molecule has 1 aromatic carbocycles. The van der Waals surface area contributed by atoms with Gasteiger partial charge in [0, 0.05) is 23.8 Å². The zero-order chi connectivity index (χ0) is 16.9. The van der Waals surface area contributed by atoms with E-state index in [0.717, 1.165) is 31.2 Å². The summed E-state index contributed by atoms with van der Waals surface area (Å²) in [7, 11) is 0. The number of nitrogens with one attached hydrogen (secondary N) is 1. The van der Waals surface area contributed by atoms with Crippen LogP contribution in [0.15, 0.2) is 29.5 Å². The first-order valence-electron chi connectivity index (χ1n) is 8.74. The SMILES string of the molecule is CCOc1cccc2c1O[C@@]13CCCC[C@H]1[C@H]2/C(=C(\C)O)C(=O)N3. The van der Waals surface area contributed by atoms with E-state index >= 15 is 0 Å². The van der Waals surface area contributed by atoms with Crippen molar-refractivity contribution in [3.8, 4) is 11.5 Å². The highest BCUT2D eigenvalue weighted by Gasteiger charge is 2.58. The van der Waals surface area contributed by atoms with Gasteiger partial charge in [0.2, 0.25) is 0 Å². The third-order valence-corrected chi connectivity index (χ3v) is 5.51. The summed E-state index contributed by atoms with van der Waals surface area (Å²) in [6.07, 6.45) is 3.89. The largest absolute Gasteiger partial charge is 0.512 e. The predicted molar refractivity (Wildman–Crippen MR) is 89.1 cm³/mol. The molecule has 5 nitrogen and oxygen atoms in total. The van der Waals surface area contributed by atoms with Gasteiger partial charge in [0.1, 0.15) is 0 Å². The van der Waals surface area contributed by atoms with Gasteiger partial charge in [0.05, 0.1) is 17.9 Å². The molecule has 2 N–H and O–H groups in total. The molecule has 2 aliphatic heterocycles. The summed E-state index contributed by atoms with van der Waals surface area (Å²) in [6, 6.07) is 5.82. The number of amides is 1. The van der Waals surface area contributed by atoms with Crippen LogP contribution in [0.1, 0.15) is 51.0 Å². The Morgan fingerprint density at radius 1 is 1.46 bits per heavy atom. The monoisotopic (exact) mass is 329 g/mol. The minimum atomic E-state index is -0.681. The zero-order valence-corrected chi connectivity index (χ0v) is 14.1. The van der Waals surface area contributed by atoms with Crippen molar-refractivity contribution in [3.63, 3.8) is 0 Å². The topological polar surface area (TPSA) is 67.8 Å². The molecule has 3 aliphatic rings. The molecule has 128 valence electrons. The first kappa shape index (κ1) is 15.4. The number of carbonyl (C=O) groups is 1. The number of aliphatic hydroxyl groups excluding tert-OH is 1. The van der Waals surface area contributed by atoms with E-state index in [0.29, 0.717) is 23.7 Å². The van der Waals surface area contributed by atoms with Gasteiger partial charge in [-0.25, -0.2) is 0 Å². The number of aliphatic hydroxyl groups is 1. The molecule has 1 aromatic rings. The zero-order valence-electron chi connectivity index (χ0n) is 14.1. The number of piperidine rings is 1. The number of hydrogen-bond acceptors (Lipinski definition) is 4. The van der Waals surface area contributed by atoms with E-state index in [-0.39, 0.29) is 23.5 Å². The highest BCUT2D eigenvalue weighted by Crippen LogP contribution is 2.57. The number of hydrogen-bond donors (Lipinski definition) is 2. The van der Waals surface area contributed by atoms with Gasteiger partial charge in [-0.15, -0.1) is 0 Å². The fourth-order valence-corrected chi connectivity index (χ4v) is 4.62. The van der Waals surface area contributed by atoms with E-state index < -0.39 is 5.72 Å². The number of allylic oxidation sites excluding steroid dienone is 1. The maximum Gasteiger partial charge on any atom is 0.254 e. The summed E-state index contributed by atoms with van der Waals surface area (Å²) < 4.78 is 12.2. The first-order valence-corrected chi connectivity index (χ1v) is 8.74. The van der Waals surface area contributed by atoms with Crippen LogP contribution < -0.4 is 14.8 Å². The van der Waals surface area contributed by atoms with Gasteiger partial charge >= 0.3 is 0 Å². The van der Waals surface area contributed by atoms with Crippen LogP contribution in [0.3, 0.4) is 0 Å². The lowest BCUT2D eigenvalue weighted by Gasteiger charge is -2.54. The molecule has 1 aliphatic carbocycles. The van der Waals surface area contributed by atoms with Crippen molar-refractivity contribution in [2.75, 3.05) is 6.61 Å². The number of rotatable bonds is 2. The highest BCUT2D eigenvalue weighted by atomic mass is 16.5. The normalized spacial score (nSPS) is 32.8. The summed E-state index contributed by atoms with van der Waals surface area (Å²) in [6.45, 7) is 4.08. The molecule has 0 spiro atoms. The molecule has 3 atom stereocenters. The van der Waals surface area contributed by atoms with E-state index in [1.165, 1.54) is 0 Å². The van der Waals surface area contributed by atoms with Crippen LogP contribution in [-0.2, 0) is 4.79 Å². The second kappa shape index (κ2) is 5.43. The lowest BCUT2D eigenvalue weighted by molar-refractivity contribution is -0.141. The smallest absolute Gasteiger partial charge is 0.254 e. The van der Waals surface area contributed by atoms with Crippen LogP contribution in [-0.4, -0.2) is 23.3 Å².